The molecule has 32 heavy (non-hydrogen) atoms. The Morgan fingerprint density at radius 3 is 2.50 bits per heavy atom. The molecular formula is C26H20N4OS. The van der Waals surface area contributed by atoms with Gasteiger partial charge >= 0.3 is 0 Å². The minimum atomic E-state index is -0.207. The van der Waals surface area contributed by atoms with E-state index in [-0.39, 0.29) is 5.91 Å². The molecule has 6 heteroatoms. The van der Waals surface area contributed by atoms with Crippen molar-refractivity contribution in [3.8, 4) is 22.5 Å². The molecule has 0 aliphatic rings. The molecule has 2 aromatic carbocycles. The second kappa shape index (κ2) is 8.32. The predicted octanol–water partition coefficient (Wildman–Crippen LogP) is 6.29. The molecular weight excluding hydrogens is 416 g/mol. The van der Waals surface area contributed by atoms with E-state index in [0.717, 1.165) is 38.2 Å². The third-order valence-electron chi connectivity index (χ3n) is 5.23. The van der Waals surface area contributed by atoms with Crippen molar-refractivity contribution in [2.45, 2.75) is 13.8 Å². The van der Waals surface area contributed by atoms with E-state index in [1.165, 1.54) is 11.3 Å². The highest BCUT2D eigenvalue weighted by Crippen LogP contribution is 2.31. The van der Waals surface area contributed by atoms with Crippen molar-refractivity contribution in [3.63, 3.8) is 0 Å². The Bertz CT molecular complexity index is 1430. The zero-order valence-corrected chi connectivity index (χ0v) is 18.5. The van der Waals surface area contributed by atoms with Crippen molar-refractivity contribution in [1.29, 1.82) is 0 Å². The van der Waals surface area contributed by atoms with Gasteiger partial charge in [-0.15, -0.1) is 11.3 Å². The summed E-state index contributed by atoms with van der Waals surface area (Å²) in [6, 6.07) is 21.6. The number of benzene rings is 2. The van der Waals surface area contributed by atoms with E-state index >= 15 is 0 Å². The molecule has 0 atom stereocenters. The lowest BCUT2D eigenvalue weighted by molar-refractivity contribution is 0.102. The standard InChI is InChI=1S/C26H20N4OS/c1-16-10-11-22-20(13-16)21(14-23(28-22)19-9-6-12-27-15-19)25(31)30-26-29-24(17(2)32-26)18-7-4-3-5-8-18/h3-15H,1-2H3,(H,29,30,31). The highest BCUT2D eigenvalue weighted by molar-refractivity contribution is 7.16. The number of anilines is 1. The normalized spacial score (nSPS) is 10.9. The van der Waals surface area contributed by atoms with Crippen molar-refractivity contribution in [2.75, 3.05) is 5.32 Å². The van der Waals surface area contributed by atoms with Gasteiger partial charge in [-0.25, -0.2) is 9.97 Å². The molecule has 0 saturated heterocycles. The summed E-state index contributed by atoms with van der Waals surface area (Å²) in [5.74, 6) is -0.207. The van der Waals surface area contributed by atoms with Crippen LogP contribution >= 0.6 is 11.3 Å². The first-order chi connectivity index (χ1) is 15.6. The van der Waals surface area contributed by atoms with E-state index in [2.05, 4.69) is 15.3 Å². The van der Waals surface area contributed by atoms with Gasteiger partial charge in [-0.2, -0.15) is 0 Å². The van der Waals surface area contributed by atoms with Crippen LogP contribution in [0.25, 0.3) is 33.4 Å². The van der Waals surface area contributed by atoms with Gasteiger partial charge in [0.05, 0.1) is 22.5 Å². The maximum absolute atomic E-state index is 13.4. The summed E-state index contributed by atoms with van der Waals surface area (Å²) in [7, 11) is 0. The minimum absolute atomic E-state index is 0.207. The summed E-state index contributed by atoms with van der Waals surface area (Å²) >= 11 is 1.47. The number of aromatic nitrogens is 3. The molecule has 3 heterocycles. The molecule has 0 bridgehead atoms. The van der Waals surface area contributed by atoms with Crippen LogP contribution in [-0.4, -0.2) is 20.9 Å². The Morgan fingerprint density at radius 2 is 1.72 bits per heavy atom. The van der Waals surface area contributed by atoms with Crippen LogP contribution < -0.4 is 5.32 Å². The second-order valence-electron chi connectivity index (χ2n) is 7.56. The lowest BCUT2D eigenvalue weighted by Crippen LogP contribution is -2.13. The van der Waals surface area contributed by atoms with Gasteiger partial charge in [-0.05, 0) is 44.2 Å². The molecule has 5 aromatic rings. The van der Waals surface area contributed by atoms with E-state index in [1.54, 1.807) is 12.4 Å². The van der Waals surface area contributed by atoms with Crippen molar-refractivity contribution in [1.82, 2.24) is 15.0 Å². The van der Waals surface area contributed by atoms with E-state index in [1.807, 2.05) is 80.6 Å². The number of fused-ring (bicyclic) bond motifs is 1. The van der Waals surface area contributed by atoms with Gasteiger partial charge in [-0.1, -0.05) is 42.0 Å². The van der Waals surface area contributed by atoms with Crippen molar-refractivity contribution in [2.24, 2.45) is 0 Å². The molecule has 3 aromatic heterocycles. The van der Waals surface area contributed by atoms with Crippen LogP contribution in [0, 0.1) is 13.8 Å². The molecule has 1 amide bonds. The van der Waals surface area contributed by atoms with E-state index in [0.29, 0.717) is 16.4 Å². The highest BCUT2D eigenvalue weighted by atomic mass is 32.1. The van der Waals surface area contributed by atoms with Crippen LogP contribution in [-0.2, 0) is 0 Å². The van der Waals surface area contributed by atoms with E-state index < -0.39 is 0 Å². The molecule has 0 unspecified atom stereocenters. The summed E-state index contributed by atoms with van der Waals surface area (Å²) in [4.78, 5) is 28.1. The van der Waals surface area contributed by atoms with Crippen molar-refractivity contribution >= 4 is 33.3 Å². The number of amides is 1. The molecule has 5 rings (SSSR count). The van der Waals surface area contributed by atoms with Gasteiger partial charge in [0.1, 0.15) is 0 Å². The molecule has 1 N–H and O–H groups in total. The number of hydrogen-bond donors (Lipinski definition) is 1. The lowest BCUT2D eigenvalue weighted by atomic mass is 10.0. The van der Waals surface area contributed by atoms with Crippen LogP contribution in [0.1, 0.15) is 20.8 Å². The van der Waals surface area contributed by atoms with Crippen molar-refractivity contribution < 1.29 is 4.79 Å². The zero-order valence-electron chi connectivity index (χ0n) is 17.7. The average Bonchev–Trinajstić information content (AvgIpc) is 3.19. The topological polar surface area (TPSA) is 67.8 Å². The summed E-state index contributed by atoms with van der Waals surface area (Å²) in [6.07, 6.45) is 3.47. The fourth-order valence-electron chi connectivity index (χ4n) is 3.67. The Balaban J connectivity index is 1.55. The molecule has 0 aliphatic carbocycles. The van der Waals surface area contributed by atoms with Crippen molar-refractivity contribution in [3.05, 3.63) is 95.1 Å². The Hall–Kier alpha value is -3.90. The summed E-state index contributed by atoms with van der Waals surface area (Å²) < 4.78 is 0. The SMILES string of the molecule is Cc1ccc2nc(-c3cccnc3)cc(C(=O)Nc3nc(-c4ccccc4)c(C)s3)c2c1. The highest BCUT2D eigenvalue weighted by Gasteiger charge is 2.17. The fourth-order valence-corrected chi connectivity index (χ4v) is 4.50. The van der Waals surface area contributed by atoms with Gasteiger partial charge in [0, 0.05) is 33.8 Å². The number of carbonyl (C=O) groups excluding carboxylic acids is 1. The average molecular weight is 437 g/mol. The van der Waals surface area contributed by atoms with Gasteiger partial charge in [0.25, 0.3) is 5.91 Å². The molecule has 0 radical (unpaired) electrons. The molecule has 0 fully saturated rings. The smallest absolute Gasteiger partial charge is 0.258 e. The largest absolute Gasteiger partial charge is 0.298 e. The summed E-state index contributed by atoms with van der Waals surface area (Å²) in [6.45, 7) is 4.02. The third-order valence-corrected chi connectivity index (χ3v) is 6.12. The van der Waals surface area contributed by atoms with Crippen LogP contribution in [0.4, 0.5) is 5.13 Å². The summed E-state index contributed by atoms with van der Waals surface area (Å²) in [5.41, 5.74) is 5.89. The first kappa shape index (κ1) is 20.0. The quantitative estimate of drug-likeness (QED) is 0.359. The monoisotopic (exact) mass is 436 g/mol. The number of rotatable bonds is 4. The number of pyridine rings is 2. The minimum Gasteiger partial charge on any atom is -0.298 e. The van der Waals surface area contributed by atoms with E-state index in [9.17, 15) is 4.79 Å². The first-order valence-electron chi connectivity index (χ1n) is 10.2. The zero-order chi connectivity index (χ0) is 22.1. The van der Waals surface area contributed by atoms with Crippen LogP contribution in [0.5, 0.6) is 0 Å². The predicted molar refractivity (Wildman–Crippen MR) is 130 cm³/mol. The van der Waals surface area contributed by atoms with Gasteiger partial charge in [-0.3, -0.25) is 15.1 Å². The number of nitrogens with one attached hydrogen (secondary N) is 1. The number of carbonyl (C=O) groups is 1. The molecule has 0 spiro atoms. The fraction of sp³-hybridized carbons (Fsp3) is 0.0769. The maximum atomic E-state index is 13.4. The number of hydrogen-bond acceptors (Lipinski definition) is 5. The number of nitrogens with zero attached hydrogens (tertiary/aromatic N) is 3. The lowest BCUT2D eigenvalue weighted by Gasteiger charge is -2.10. The number of thiazole rings is 1. The van der Waals surface area contributed by atoms with Gasteiger partial charge in [0.2, 0.25) is 0 Å². The van der Waals surface area contributed by atoms with Crippen LogP contribution in [0.2, 0.25) is 0 Å². The Morgan fingerprint density at radius 1 is 0.906 bits per heavy atom. The van der Waals surface area contributed by atoms with Crippen LogP contribution in [0.15, 0.2) is 79.1 Å². The van der Waals surface area contributed by atoms with E-state index in [4.69, 9.17) is 4.98 Å². The molecule has 156 valence electrons. The molecule has 0 aliphatic heterocycles. The summed E-state index contributed by atoms with van der Waals surface area (Å²) in [5, 5.41) is 4.39. The van der Waals surface area contributed by atoms with Crippen LogP contribution in [0.3, 0.4) is 0 Å². The van der Waals surface area contributed by atoms with Gasteiger partial charge in [0.15, 0.2) is 5.13 Å². The number of aryl methyl sites for hydroxylation is 2. The third kappa shape index (κ3) is 3.88. The molecule has 0 saturated carbocycles. The Kier molecular flexibility index (Phi) is 5.21. The second-order valence-corrected chi connectivity index (χ2v) is 8.76. The molecule has 5 nitrogen and oxygen atoms in total. The Labute approximate surface area is 189 Å². The maximum Gasteiger partial charge on any atom is 0.258 e. The van der Waals surface area contributed by atoms with Gasteiger partial charge < -0.3 is 0 Å². The first-order valence-corrected chi connectivity index (χ1v) is 11.1.